The van der Waals surface area contributed by atoms with Gasteiger partial charge in [-0.25, -0.2) is 0 Å². The highest BCUT2D eigenvalue weighted by Crippen LogP contribution is 2.17. The predicted octanol–water partition coefficient (Wildman–Crippen LogP) is 2.81. The Bertz CT molecular complexity index is 805. The number of benzene rings is 2. The van der Waals surface area contributed by atoms with Crippen molar-refractivity contribution < 1.29 is 4.79 Å². The summed E-state index contributed by atoms with van der Waals surface area (Å²) in [6.07, 6.45) is 0. The number of para-hydroxylation sites is 1. The molecule has 0 radical (unpaired) electrons. The highest BCUT2D eigenvalue weighted by Gasteiger charge is 2.15. The fourth-order valence-corrected chi connectivity index (χ4v) is 2.45. The highest BCUT2D eigenvalue weighted by atomic mass is 16.1. The Morgan fingerprint density at radius 1 is 1.14 bits per heavy atom. The van der Waals surface area contributed by atoms with Crippen molar-refractivity contribution in [2.24, 2.45) is 7.05 Å². The smallest absolute Gasteiger partial charge is 0.272 e. The molecule has 4 nitrogen and oxygen atoms in total. The van der Waals surface area contributed by atoms with Gasteiger partial charge in [-0.15, -0.1) is 0 Å². The third kappa shape index (κ3) is 2.52. The molecule has 3 aromatic rings. The normalized spacial score (nSPS) is 10.8. The largest absolute Gasteiger partial charge is 0.347 e. The molecule has 1 amide bonds. The maximum Gasteiger partial charge on any atom is 0.272 e. The van der Waals surface area contributed by atoms with Crippen molar-refractivity contribution in [3.05, 3.63) is 65.4 Å². The summed E-state index contributed by atoms with van der Waals surface area (Å²) in [5.41, 5.74) is 3.72. The SMILES string of the molecule is Cc1ccccc1CNC(=O)c1nn(C)c2ccccc12. The van der Waals surface area contributed by atoms with Crippen LogP contribution < -0.4 is 5.32 Å². The molecule has 0 aliphatic heterocycles. The van der Waals surface area contributed by atoms with Crippen molar-refractivity contribution in [3.8, 4) is 0 Å². The second kappa shape index (κ2) is 5.40. The molecule has 0 aliphatic carbocycles. The number of hydrogen-bond acceptors (Lipinski definition) is 2. The van der Waals surface area contributed by atoms with E-state index in [1.54, 1.807) is 4.68 Å². The maximum absolute atomic E-state index is 12.4. The summed E-state index contributed by atoms with van der Waals surface area (Å²) >= 11 is 0. The number of nitrogens with one attached hydrogen (secondary N) is 1. The van der Waals surface area contributed by atoms with Crippen LogP contribution in [0, 0.1) is 6.92 Å². The monoisotopic (exact) mass is 279 g/mol. The molecular weight excluding hydrogens is 262 g/mol. The van der Waals surface area contributed by atoms with Crippen LogP contribution in [0.5, 0.6) is 0 Å². The molecule has 1 N–H and O–H groups in total. The fourth-order valence-electron chi connectivity index (χ4n) is 2.45. The maximum atomic E-state index is 12.4. The fraction of sp³-hybridized carbons (Fsp3) is 0.176. The van der Waals surface area contributed by atoms with Crippen LogP contribution in [-0.4, -0.2) is 15.7 Å². The Morgan fingerprint density at radius 3 is 2.67 bits per heavy atom. The Hall–Kier alpha value is -2.62. The zero-order valence-corrected chi connectivity index (χ0v) is 12.1. The van der Waals surface area contributed by atoms with Gasteiger partial charge in [-0.3, -0.25) is 9.48 Å². The van der Waals surface area contributed by atoms with Crippen LogP contribution in [0.3, 0.4) is 0 Å². The Balaban J connectivity index is 1.83. The lowest BCUT2D eigenvalue weighted by Crippen LogP contribution is -2.24. The third-order valence-electron chi connectivity index (χ3n) is 3.67. The Kier molecular flexibility index (Phi) is 3.44. The zero-order chi connectivity index (χ0) is 14.8. The molecular formula is C17H17N3O. The molecule has 21 heavy (non-hydrogen) atoms. The van der Waals surface area contributed by atoms with E-state index >= 15 is 0 Å². The molecule has 0 saturated carbocycles. The van der Waals surface area contributed by atoms with E-state index in [-0.39, 0.29) is 5.91 Å². The lowest BCUT2D eigenvalue weighted by atomic mass is 10.1. The molecule has 0 atom stereocenters. The molecule has 0 unspecified atom stereocenters. The second-order valence-electron chi connectivity index (χ2n) is 5.10. The first kappa shape index (κ1) is 13.4. The average Bonchev–Trinajstić information content (AvgIpc) is 2.84. The number of fused-ring (bicyclic) bond motifs is 1. The van der Waals surface area contributed by atoms with Crippen LogP contribution in [0.1, 0.15) is 21.6 Å². The molecule has 0 fully saturated rings. The molecule has 0 aliphatic rings. The van der Waals surface area contributed by atoms with Gasteiger partial charge < -0.3 is 5.32 Å². The van der Waals surface area contributed by atoms with E-state index in [1.165, 1.54) is 5.56 Å². The van der Waals surface area contributed by atoms with E-state index in [4.69, 9.17) is 0 Å². The van der Waals surface area contributed by atoms with Gasteiger partial charge in [-0.2, -0.15) is 5.10 Å². The molecule has 106 valence electrons. The van der Waals surface area contributed by atoms with Gasteiger partial charge in [0.05, 0.1) is 5.52 Å². The van der Waals surface area contributed by atoms with Crippen LogP contribution in [-0.2, 0) is 13.6 Å². The van der Waals surface area contributed by atoms with E-state index in [1.807, 2.05) is 62.5 Å². The molecule has 2 aromatic carbocycles. The number of carbonyl (C=O) groups excluding carboxylic acids is 1. The lowest BCUT2D eigenvalue weighted by Gasteiger charge is -2.06. The van der Waals surface area contributed by atoms with Gasteiger partial charge >= 0.3 is 0 Å². The number of carbonyl (C=O) groups is 1. The first-order valence-electron chi connectivity index (χ1n) is 6.91. The number of aryl methyl sites for hydroxylation is 2. The first-order chi connectivity index (χ1) is 10.2. The lowest BCUT2D eigenvalue weighted by molar-refractivity contribution is 0.0946. The van der Waals surface area contributed by atoms with Gasteiger partial charge in [0, 0.05) is 19.0 Å². The number of amides is 1. The minimum Gasteiger partial charge on any atom is -0.347 e. The summed E-state index contributed by atoms with van der Waals surface area (Å²) in [5, 5.41) is 8.15. The number of rotatable bonds is 3. The minimum absolute atomic E-state index is 0.143. The topological polar surface area (TPSA) is 46.9 Å². The molecule has 3 rings (SSSR count). The first-order valence-corrected chi connectivity index (χ1v) is 6.91. The number of hydrogen-bond donors (Lipinski definition) is 1. The standard InChI is InChI=1S/C17H17N3O/c1-12-7-3-4-8-13(12)11-18-17(21)16-14-9-5-6-10-15(14)20(2)19-16/h3-10H,11H2,1-2H3,(H,18,21). The van der Waals surface area contributed by atoms with E-state index in [9.17, 15) is 4.79 Å². The Labute approximate surface area is 123 Å². The van der Waals surface area contributed by atoms with Crippen molar-refractivity contribution in [1.29, 1.82) is 0 Å². The van der Waals surface area contributed by atoms with E-state index in [2.05, 4.69) is 10.4 Å². The zero-order valence-electron chi connectivity index (χ0n) is 12.1. The van der Waals surface area contributed by atoms with Gasteiger partial charge in [0.15, 0.2) is 5.69 Å². The van der Waals surface area contributed by atoms with Crippen LogP contribution >= 0.6 is 0 Å². The highest BCUT2D eigenvalue weighted by molar-refractivity contribution is 6.04. The second-order valence-corrected chi connectivity index (χ2v) is 5.10. The minimum atomic E-state index is -0.143. The molecule has 1 aromatic heterocycles. The molecule has 1 heterocycles. The van der Waals surface area contributed by atoms with Gasteiger partial charge in [-0.05, 0) is 24.1 Å². The summed E-state index contributed by atoms with van der Waals surface area (Å²) in [6, 6.07) is 15.8. The summed E-state index contributed by atoms with van der Waals surface area (Å²) in [5.74, 6) is -0.143. The number of aromatic nitrogens is 2. The summed E-state index contributed by atoms with van der Waals surface area (Å²) < 4.78 is 1.73. The van der Waals surface area contributed by atoms with Gasteiger partial charge in [0.1, 0.15) is 0 Å². The van der Waals surface area contributed by atoms with Crippen LogP contribution in [0.25, 0.3) is 10.9 Å². The predicted molar refractivity (Wildman–Crippen MR) is 83.1 cm³/mol. The molecule has 0 spiro atoms. The molecule has 0 bridgehead atoms. The quantitative estimate of drug-likeness (QED) is 0.801. The Morgan fingerprint density at radius 2 is 1.86 bits per heavy atom. The van der Waals surface area contributed by atoms with Gasteiger partial charge in [0.2, 0.25) is 0 Å². The van der Waals surface area contributed by atoms with E-state index in [0.717, 1.165) is 16.5 Å². The summed E-state index contributed by atoms with van der Waals surface area (Å²) in [4.78, 5) is 12.4. The van der Waals surface area contributed by atoms with E-state index < -0.39 is 0 Å². The molecule has 4 heteroatoms. The number of nitrogens with zero attached hydrogens (tertiary/aromatic N) is 2. The van der Waals surface area contributed by atoms with Crippen LogP contribution in [0.2, 0.25) is 0 Å². The molecule has 0 saturated heterocycles. The van der Waals surface area contributed by atoms with Gasteiger partial charge in [0.25, 0.3) is 5.91 Å². The summed E-state index contributed by atoms with van der Waals surface area (Å²) in [7, 11) is 1.85. The van der Waals surface area contributed by atoms with Gasteiger partial charge in [-0.1, -0.05) is 42.5 Å². The van der Waals surface area contributed by atoms with E-state index in [0.29, 0.717) is 12.2 Å². The van der Waals surface area contributed by atoms with Crippen molar-refractivity contribution in [2.75, 3.05) is 0 Å². The van der Waals surface area contributed by atoms with Crippen molar-refractivity contribution >= 4 is 16.8 Å². The van der Waals surface area contributed by atoms with Crippen molar-refractivity contribution in [3.63, 3.8) is 0 Å². The third-order valence-corrected chi connectivity index (χ3v) is 3.67. The van der Waals surface area contributed by atoms with Crippen molar-refractivity contribution in [1.82, 2.24) is 15.1 Å². The average molecular weight is 279 g/mol. The van der Waals surface area contributed by atoms with Crippen LogP contribution in [0.4, 0.5) is 0 Å². The van der Waals surface area contributed by atoms with Crippen LogP contribution in [0.15, 0.2) is 48.5 Å². The van der Waals surface area contributed by atoms with Crippen molar-refractivity contribution in [2.45, 2.75) is 13.5 Å². The summed E-state index contributed by atoms with van der Waals surface area (Å²) in [6.45, 7) is 2.55.